The highest BCUT2D eigenvalue weighted by atomic mass is 16.5. The molecule has 2 N–H and O–H groups in total. The zero-order valence-electron chi connectivity index (χ0n) is 16.5. The van der Waals surface area contributed by atoms with E-state index in [2.05, 4.69) is 10.6 Å². The fraction of sp³-hybridized carbons (Fsp3) is 0.167. The Morgan fingerprint density at radius 2 is 1.55 bits per heavy atom. The standard InChI is InChI=1S/C24H24N2O3/c1-3-22(27)25-19-15-14-17(2)21(16-19)26-24(28)23(18-10-6-4-7-11-18)29-20-12-8-5-9-13-20/h4-16,23H,3H2,1-2H3,(H,25,27)(H,26,28). The van der Waals surface area contributed by atoms with Crippen LogP contribution in [0.5, 0.6) is 5.75 Å². The van der Waals surface area contributed by atoms with Crippen LogP contribution in [0.15, 0.2) is 78.9 Å². The number of hydrogen-bond donors (Lipinski definition) is 2. The van der Waals surface area contributed by atoms with Crippen molar-refractivity contribution in [2.75, 3.05) is 10.6 Å². The van der Waals surface area contributed by atoms with Gasteiger partial charge >= 0.3 is 0 Å². The lowest BCUT2D eigenvalue weighted by atomic mass is 10.1. The molecule has 0 spiro atoms. The number of nitrogens with one attached hydrogen (secondary N) is 2. The number of anilines is 2. The number of carbonyl (C=O) groups excluding carboxylic acids is 2. The fourth-order valence-corrected chi connectivity index (χ4v) is 2.82. The Morgan fingerprint density at radius 1 is 0.897 bits per heavy atom. The summed E-state index contributed by atoms with van der Waals surface area (Å²) < 4.78 is 6.00. The monoisotopic (exact) mass is 388 g/mol. The first kappa shape index (κ1) is 20.1. The summed E-state index contributed by atoms with van der Waals surface area (Å²) in [4.78, 5) is 24.8. The number of benzene rings is 3. The van der Waals surface area contributed by atoms with Crippen molar-refractivity contribution in [1.29, 1.82) is 0 Å². The van der Waals surface area contributed by atoms with Crippen molar-refractivity contribution in [2.45, 2.75) is 26.4 Å². The van der Waals surface area contributed by atoms with Crippen LogP contribution < -0.4 is 15.4 Å². The molecule has 29 heavy (non-hydrogen) atoms. The van der Waals surface area contributed by atoms with Gasteiger partial charge in [0.25, 0.3) is 5.91 Å². The van der Waals surface area contributed by atoms with Crippen LogP contribution in [0.1, 0.15) is 30.6 Å². The van der Waals surface area contributed by atoms with E-state index in [1.807, 2.05) is 79.7 Å². The molecule has 148 valence electrons. The first-order valence-electron chi connectivity index (χ1n) is 9.55. The Bertz CT molecular complexity index is 972. The van der Waals surface area contributed by atoms with E-state index < -0.39 is 6.10 Å². The molecule has 0 saturated carbocycles. The number of carbonyl (C=O) groups is 2. The molecule has 0 fully saturated rings. The molecule has 0 aliphatic heterocycles. The van der Waals surface area contributed by atoms with Crippen molar-refractivity contribution in [3.05, 3.63) is 90.0 Å². The Labute approximate surface area is 170 Å². The number of aryl methyl sites for hydroxylation is 1. The van der Waals surface area contributed by atoms with E-state index in [1.54, 1.807) is 13.0 Å². The minimum Gasteiger partial charge on any atom is -0.476 e. The highest BCUT2D eigenvalue weighted by Gasteiger charge is 2.23. The summed E-state index contributed by atoms with van der Waals surface area (Å²) in [5.41, 5.74) is 2.90. The third-order valence-electron chi connectivity index (χ3n) is 4.44. The predicted octanol–water partition coefficient (Wildman–Crippen LogP) is 5.10. The summed E-state index contributed by atoms with van der Waals surface area (Å²) >= 11 is 0. The molecule has 0 bridgehead atoms. The second kappa shape index (κ2) is 9.55. The van der Waals surface area contributed by atoms with Gasteiger partial charge in [-0.05, 0) is 36.8 Å². The normalized spacial score (nSPS) is 11.4. The zero-order chi connectivity index (χ0) is 20.6. The number of amides is 2. The minimum absolute atomic E-state index is 0.0827. The van der Waals surface area contributed by atoms with Crippen LogP contribution in [0.25, 0.3) is 0 Å². The summed E-state index contributed by atoms with van der Waals surface area (Å²) in [6, 6.07) is 24.0. The van der Waals surface area contributed by atoms with Gasteiger partial charge in [-0.15, -0.1) is 0 Å². The smallest absolute Gasteiger partial charge is 0.270 e. The van der Waals surface area contributed by atoms with Gasteiger partial charge in [0.2, 0.25) is 12.0 Å². The van der Waals surface area contributed by atoms with E-state index in [0.29, 0.717) is 23.5 Å². The maximum absolute atomic E-state index is 13.1. The van der Waals surface area contributed by atoms with Crippen molar-refractivity contribution < 1.29 is 14.3 Å². The van der Waals surface area contributed by atoms with E-state index in [0.717, 1.165) is 11.1 Å². The third-order valence-corrected chi connectivity index (χ3v) is 4.44. The maximum atomic E-state index is 13.1. The molecule has 3 aromatic rings. The van der Waals surface area contributed by atoms with Crippen molar-refractivity contribution in [3.63, 3.8) is 0 Å². The first-order chi connectivity index (χ1) is 14.1. The molecule has 5 heteroatoms. The average molecular weight is 388 g/mol. The van der Waals surface area contributed by atoms with Crippen LogP contribution in [0.3, 0.4) is 0 Å². The summed E-state index contributed by atoms with van der Waals surface area (Å²) in [6.45, 7) is 3.69. The summed E-state index contributed by atoms with van der Waals surface area (Å²) in [6.07, 6.45) is -0.428. The second-order valence-corrected chi connectivity index (χ2v) is 6.64. The fourth-order valence-electron chi connectivity index (χ4n) is 2.82. The molecule has 0 aromatic heterocycles. The van der Waals surface area contributed by atoms with Gasteiger partial charge in [0.05, 0.1) is 0 Å². The van der Waals surface area contributed by atoms with Crippen LogP contribution in [-0.2, 0) is 9.59 Å². The zero-order valence-corrected chi connectivity index (χ0v) is 16.5. The van der Waals surface area contributed by atoms with Crippen LogP contribution in [-0.4, -0.2) is 11.8 Å². The SMILES string of the molecule is CCC(=O)Nc1ccc(C)c(NC(=O)C(Oc2ccccc2)c2ccccc2)c1. The van der Waals surface area contributed by atoms with E-state index in [-0.39, 0.29) is 11.8 Å². The van der Waals surface area contributed by atoms with E-state index >= 15 is 0 Å². The number of hydrogen-bond acceptors (Lipinski definition) is 3. The van der Waals surface area contributed by atoms with Crippen LogP contribution in [0, 0.1) is 6.92 Å². The second-order valence-electron chi connectivity index (χ2n) is 6.64. The molecule has 2 amide bonds. The summed E-state index contributed by atoms with van der Waals surface area (Å²) in [7, 11) is 0. The molecular formula is C24H24N2O3. The summed E-state index contributed by atoms with van der Waals surface area (Å²) in [5.74, 6) is 0.236. The number of rotatable bonds is 7. The molecule has 0 radical (unpaired) electrons. The maximum Gasteiger partial charge on any atom is 0.270 e. The molecule has 1 unspecified atom stereocenters. The van der Waals surface area contributed by atoms with Crippen molar-refractivity contribution in [2.24, 2.45) is 0 Å². The highest BCUT2D eigenvalue weighted by molar-refractivity contribution is 5.97. The van der Waals surface area contributed by atoms with Crippen LogP contribution >= 0.6 is 0 Å². The van der Waals surface area contributed by atoms with Gasteiger partial charge in [-0.3, -0.25) is 9.59 Å². The van der Waals surface area contributed by atoms with E-state index in [1.165, 1.54) is 0 Å². The van der Waals surface area contributed by atoms with Gasteiger partial charge in [0, 0.05) is 23.4 Å². The molecule has 0 saturated heterocycles. The van der Waals surface area contributed by atoms with Crippen molar-refractivity contribution >= 4 is 23.2 Å². The van der Waals surface area contributed by atoms with Gasteiger partial charge in [0.1, 0.15) is 5.75 Å². The lowest BCUT2D eigenvalue weighted by Gasteiger charge is -2.20. The Morgan fingerprint density at radius 3 is 2.21 bits per heavy atom. The van der Waals surface area contributed by atoms with Crippen molar-refractivity contribution in [1.82, 2.24) is 0 Å². The van der Waals surface area contributed by atoms with Gasteiger partial charge in [-0.2, -0.15) is 0 Å². The molecule has 0 heterocycles. The molecule has 3 rings (SSSR count). The lowest BCUT2D eigenvalue weighted by molar-refractivity contribution is -0.123. The van der Waals surface area contributed by atoms with E-state index in [9.17, 15) is 9.59 Å². The van der Waals surface area contributed by atoms with Crippen LogP contribution in [0.2, 0.25) is 0 Å². The molecule has 5 nitrogen and oxygen atoms in total. The van der Waals surface area contributed by atoms with Gasteiger partial charge in [-0.25, -0.2) is 0 Å². The molecular weight excluding hydrogens is 364 g/mol. The quantitative estimate of drug-likeness (QED) is 0.591. The minimum atomic E-state index is -0.813. The third kappa shape index (κ3) is 5.45. The Kier molecular flexibility index (Phi) is 6.63. The first-order valence-corrected chi connectivity index (χ1v) is 9.55. The van der Waals surface area contributed by atoms with Crippen molar-refractivity contribution in [3.8, 4) is 5.75 Å². The Hall–Kier alpha value is -3.60. The van der Waals surface area contributed by atoms with E-state index in [4.69, 9.17) is 4.74 Å². The summed E-state index contributed by atoms with van der Waals surface area (Å²) in [5, 5.41) is 5.76. The number of ether oxygens (including phenoxy) is 1. The lowest BCUT2D eigenvalue weighted by Crippen LogP contribution is -2.26. The van der Waals surface area contributed by atoms with Crippen LogP contribution in [0.4, 0.5) is 11.4 Å². The molecule has 3 aromatic carbocycles. The predicted molar refractivity (Wildman–Crippen MR) is 115 cm³/mol. The van der Waals surface area contributed by atoms with Gasteiger partial charge in [0.15, 0.2) is 0 Å². The van der Waals surface area contributed by atoms with Gasteiger partial charge < -0.3 is 15.4 Å². The molecule has 1 atom stereocenters. The molecule has 0 aliphatic carbocycles. The largest absolute Gasteiger partial charge is 0.476 e. The Balaban J connectivity index is 1.85. The average Bonchev–Trinajstić information content (AvgIpc) is 2.75. The topological polar surface area (TPSA) is 67.4 Å². The van der Waals surface area contributed by atoms with Gasteiger partial charge in [-0.1, -0.05) is 61.5 Å². The highest BCUT2D eigenvalue weighted by Crippen LogP contribution is 2.26. The number of para-hydroxylation sites is 1. The molecule has 0 aliphatic rings.